The molecule has 13 rings (SSSR count). The van der Waals surface area contributed by atoms with Crippen LogP contribution < -0.4 is 11.0 Å². The lowest BCUT2D eigenvalue weighted by molar-refractivity contribution is 0.917. The highest BCUT2D eigenvalue weighted by Crippen LogP contribution is 2.43. The third kappa shape index (κ3) is 4.59. The van der Waals surface area contributed by atoms with Crippen LogP contribution in [0.2, 0.25) is 0 Å². The largest absolute Gasteiger partial charge is 0.722 e. The smallest absolute Gasteiger partial charge is 0.370 e. The third-order valence-electron chi connectivity index (χ3n) is 12.1. The Hall–Kier alpha value is -6.69. The molecule has 0 aliphatic carbocycles. The molecule has 0 spiro atoms. The first-order valence-corrected chi connectivity index (χ1v) is 22.3. The first-order valence-electron chi connectivity index (χ1n) is 19.5. The van der Waals surface area contributed by atoms with Gasteiger partial charge in [0.2, 0.25) is 0 Å². The van der Waals surface area contributed by atoms with E-state index in [0.29, 0.717) is 18.2 Å². The number of fused-ring (bicyclic) bond motifs is 15. The fraction of sp³-hybridized carbons (Fsp3) is 0.0408. The maximum absolute atomic E-state index is 8.21. The van der Waals surface area contributed by atoms with Crippen LogP contribution in [0, 0.1) is 0 Å². The molecule has 0 radical (unpaired) electrons. The van der Waals surface area contributed by atoms with Crippen LogP contribution in [0.25, 0.3) is 64.6 Å². The van der Waals surface area contributed by atoms with E-state index >= 15 is 0 Å². The Morgan fingerprint density at radius 1 is 0.448 bits per heavy atom. The minimum Gasteiger partial charge on any atom is -0.370 e. The van der Waals surface area contributed by atoms with Gasteiger partial charge in [-0.25, -0.2) is 20.0 Å². The first-order chi connectivity index (χ1) is 28.5. The molecule has 9 heteroatoms. The summed E-state index contributed by atoms with van der Waals surface area (Å²) in [6.45, 7) is 2.54. The van der Waals surface area contributed by atoms with E-state index in [1.165, 1.54) is 0 Å². The van der Waals surface area contributed by atoms with Gasteiger partial charge in [-0.05, 0) is 104 Å². The topological polar surface area (TPSA) is 71.7 Å². The van der Waals surface area contributed by atoms with Crippen molar-refractivity contribution in [2.45, 2.75) is 13.5 Å². The highest BCUT2D eigenvalue weighted by molar-refractivity contribution is 7.05. The Kier molecular flexibility index (Phi) is 6.66. The Labute approximate surface area is 340 Å². The Balaban J connectivity index is 1.27. The molecule has 0 saturated carbocycles. The van der Waals surface area contributed by atoms with Gasteiger partial charge in [-0.1, -0.05) is 97.1 Å². The average Bonchev–Trinajstić information content (AvgIpc) is 3.84. The lowest BCUT2D eigenvalue weighted by Crippen LogP contribution is -2.42. The normalized spacial score (nSPS) is 16.3. The van der Waals surface area contributed by atoms with E-state index in [-0.39, 0.29) is 0 Å². The van der Waals surface area contributed by atoms with Gasteiger partial charge in [0.15, 0.2) is 11.7 Å². The second-order valence-corrected chi connectivity index (χ2v) is 18.3. The summed E-state index contributed by atoms with van der Waals surface area (Å²) < 4.78 is 4.43. The van der Waals surface area contributed by atoms with Crippen LogP contribution in [0.3, 0.4) is 0 Å². The maximum Gasteiger partial charge on any atom is 0.722 e. The van der Waals surface area contributed by atoms with Crippen LogP contribution in [0.15, 0.2) is 171 Å². The summed E-state index contributed by atoms with van der Waals surface area (Å²) in [7, 11) is 8.21. The molecule has 5 heterocycles. The quantitative estimate of drug-likeness (QED) is 0.138. The molecule has 4 bridgehead atoms. The Morgan fingerprint density at radius 3 is 1.43 bits per heavy atom. The summed E-state index contributed by atoms with van der Waals surface area (Å²) in [4.78, 5) is 27.5. The second-order valence-electron chi connectivity index (χ2n) is 15.4. The molecule has 10 aromatic rings. The van der Waals surface area contributed by atoms with Gasteiger partial charge in [-0.15, -0.1) is 0 Å². The predicted molar refractivity (Wildman–Crippen MR) is 240 cm³/mol. The monoisotopic (exact) mass is 777 g/mol. The van der Waals surface area contributed by atoms with Gasteiger partial charge < -0.3 is 7.10 Å². The van der Waals surface area contributed by atoms with Crippen LogP contribution in [-0.4, -0.2) is 38.2 Å². The van der Waals surface area contributed by atoms with Crippen molar-refractivity contribution >= 4 is 117 Å². The molecule has 0 atom stereocenters. The van der Waals surface area contributed by atoms with Crippen molar-refractivity contribution in [3.63, 3.8) is 0 Å². The minimum atomic E-state index is -2.90. The molecule has 0 saturated heterocycles. The van der Waals surface area contributed by atoms with Gasteiger partial charge in [-0.3, -0.25) is 4.99 Å². The van der Waals surface area contributed by atoms with Gasteiger partial charge in [0.1, 0.15) is 22.6 Å². The maximum atomic E-state index is 8.21. The zero-order valence-corrected chi connectivity index (χ0v) is 33.1. The fourth-order valence-corrected chi connectivity index (χ4v) is 12.3. The van der Waals surface area contributed by atoms with Gasteiger partial charge in [0.05, 0.1) is 6.54 Å². The fourth-order valence-electron chi connectivity index (χ4n) is 9.30. The average molecular weight is 778 g/mol. The summed E-state index contributed by atoms with van der Waals surface area (Å²) >= 11 is -2.90. The van der Waals surface area contributed by atoms with E-state index in [1.54, 1.807) is 0 Å². The molecule has 2 aromatic heterocycles. The number of benzene rings is 8. The lowest BCUT2D eigenvalue weighted by atomic mass is 9.98. The van der Waals surface area contributed by atoms with Crippen LogP contribution >= 0.6 is 10.0 Å². The van der Waals surface area contributed by atoms with Crippen LogP contribution in [0.4, 0.5) is 11.6 Å². The highest BCUT2D eigenvalue weighted by Gasteiger charge is 2.37. The van der Waals surface area contributed by atoms with Crippen molar-refractivity contribution in [3.8, 4) is 0 Å². The molecule has 270 valence electrons. The van der Waals surface area contributed by atoms with E-state index < -0.39 is 13.7 Å². The summed E-state index contributed by atoms with van der Waals surface area (Å²) in [5.41, 5.74) is 6.46. The summed E-state index contributed by atoms with van der Waals surface area (Å²) in [5.74, 6) is 2.73. The molecule has 0 amide bonds. The molecule has 0 unspecified atom stereocenters. The summed E-state index contributed by atoms with van der Waals surface area (Å²) in [6, 6.07) is 51.8. The number of hydrogen-bond acceptors (Lipinski definition) is 5. The molecular weight excluding hydrogens is 749 g/mol. The molecule has 0 fully saturated rings. The van der Waals surface area contributed by atoms with Crippen molar-refractivity contribution in [2.75, 3.05) is 0 Å². The van der Waals surface area contributed by atoms with Crippen LogP contribution in [0.1, 0.15) is 29.2 Å². The van der Waals surface area contributed by atoms with Gasteiger partial charge in [0, 0.05) is 43.9 Å². The number of amidine groups is 2. The molecule has 7 nitrogen and oxygen atoms in total. The summed E-state index contributed by atoms with van der Waals surface area (Å²) in [5, 5.41) is 13.0. The van der Waals surface area contributed by atoms with E-state index in [0.717, 1.165) is 115 Å². The number of hydrogen-bond donors (Lipinski definition) is 0. The number of nitrogens with zero attached hydrogens (tertiary/aromatic N) is 7. The van der Waals surface area contributed by atoms with E-state index in [1.807, 2.05) is 0 Å². The molecule has 3 aliphatic heterocycles. The number of aromatic nitrogens is 2. The summed E-state index contributed by atoms with van der Waals surface area (Å²) in [6.07, 6.45) is 0. The highest BCUT2D eigenvalue weighted by atomic mass is 35.6. The van der Waals surface area contributed by atoms with Crippen molar-refractivity contribution in [2.24, 2.45) is 25.0 Å². The molecule has 3 aliphatic rings. The minimum absolute atomic E-state index is 0.432. The van der Waals surface area contributed by atoms with Crippen molar-refractivity contribution in [1.29, 1.82) is 0 Å². The molecule has 8 aromatic carbocycles. The van der Waals surface area contributed by atoms with Crippen LogP contribution in [-0.2, 0) is 6.54 Å². The number of aliphatic imine (C=N–C) groups is 3. The zero-order chi connectivity index (χ0) is 38.2. The SMILES string of the molecule is C/C1=N\c2c3cc4ccccc4cc3c3[n]2[Al]([Cl])[n]2c(c4cc5ccccc5cc4c2=NC2=N/C(=N\3)c3cc4ccccc4cc32)=NCc2cc3ccccc3cc21. The Morgan fingerprint density at radius 2 is 0.879 bits per heavy atom. The standard InChI is InChI=1S/C49H29N7.Al.ClH/c1-27-37-19-29-11-3-2-10-28(29)18-36(37)26-50-44-38-20-30-12-4-5-13-31(30)21-39(38)46(52-44)54-48-42-24-34-16-8-9-17-35(34)25-43(42)49(56-48)55-47-41-23-33-15-7-6-14-32(33)22-40(41)45(51-27)53-47;;/h2-25H,26H2,1H3;;1H/q-2;+3;/p-1/b51-27+;;. The van der Waals surface area contributed by atoms with Crippen molar-refractivity contribution in [1.82, 2.24) is 7.10 Å². The van der Waals surface area contributed by atoms with E-state index in [9.17, 15) is 0 Å². The predicted octanol–water partition coefficient (Wildman–Crippen LogP) is 10.6. The third-order valence-corrected chi connectivity index (χ3v) is 15.1. The van der Waals surface area contributed by atoms with Crippen molar-refractivity contribution < 1.29 is 0 Å². The number of halogens is 1. The van der Waals surface area contributed by atoms with Crippen LogP contribution in [0.5, 0.6) is 0 Å². The van der Waals surface area contributed by atoms with E-state index in [2.05, 4.69) is 160 Å². The first kappa shape index (κ1) is 32.4. The van der Waals surface area contributed by atoms with Gasteiger partial charge >= 0.3 is 13.7 Å². The zero-order valence-electron chi connectivity index (χ0n) is 31.1. The molecular formula is C49H29AlClN7. The molecule has 58 heavy (non-hydrogen) atoms. The lowest BCUT2D eigenvalue weighted by Gasteiger charge is -2.14. The van der Waals surface area contributed by atoms with Crippen molar-refractivity contribution in [3.05, 3.63) is 179 Å². The number of rotatable bonds is 0. The van der Waals surface area contributed by atoms with Gasteiger partial charge in [0.25, 0.3) is 0 Å². The van der Waals surface area contributed by atoms with Gasteiger partial charge in [-0.2, -0.15) is 10.0 Å². The Bertz CT molecular complexity index is 3740. The second kappa shape index (κ2) is 11.9. The van der Waals surface area contributed by atoms with E-state index in [4.69, 9.17) is 35.0 Å². The molecule has 0 N–H and O–H groups in total.